The summed E-state index contributed by atoms with van der Waals surface area (Å²) in [5, 5.41) is 7.43. The first-order valence-electron chi connectivity index (χ1n) is 10.00. The number of rotatable bonds is 7. The Bertz CT molecular complexity index is 1080. The van der Waals surface area contributed by atoms with Crippen LogP contribution in [0.15, 0.2) is 48.7 Å². The van der Waals surface area contributed by atoms with E-state index in [1.54, 1.807) is 0 Å². The minimum Gasteiger partial charge on any atom is -0.385 e. The highest BCUT2D eigenvalue weighted by molar-refractivity contribution is 6.15. The van der Waals surface area contributed by atoms with Gasteiger partial charge in [0.1, 0.15) is 7.05 Å². The fourth-order valence-electron chi connectivity index (χ4n) is 4.00. The van der Waals surface area contributed by atoms with Crippen LogP contribution in [0.3, 0.4) is 0 Å². The van der Waals surface area contributed by atoms with E-state index in [1.165, 1.54) is 38.4 Å². The van der Waals surface area contributed by atoms with E-state index < -0.39 is 0 Å². The van der Waals surface area contributed by atoms with E-state index in [0.29, 0.717) is 0 Å². The van der Waals surface area contributed by atoms with Crippen LogP contribution in [0, 0.1) is 0 Å². The van der Waals surface area contributed by atoms with Gasteiger partial charge in [0, 0.05) is 29.2 Å². The molecule has 0 saturated carbocycles. The molecular weight excluding hydrogens is 332 g/mol. The Morgan fingerprint density at radius 2 is 1.81 bits per heavy atom. The highest BCUT2D eigenvalue weighted by Crippen LogP contribution is 2.30. The molecule has 4 aromatic rings. The number of fused-ring (bicyclic) bond motifs is 5. The first-order chi connectivity index (χ1) is 13.2. The zero-order valence-corrected chi connectivity index (χ0v) is 16.5. The number of aromatic amines is 1. The molecule has 0 saturated heterocycles. The fourth-order valence-corrected chi connectivity index (χ4v) is 4.00. The molecule has 4 nitrogen and oxygen atoms in total. The number of H-pyrrole nitrogens is 1. The van der Waals surface area contributed by atoms with Crippen molar-refractivity contribution in [2.75, 3.05) is 31.5 Å². The summed E-state index contributed by atoms with van der Waals surface area (Å²) < 4.78 is 2.22. The third kappa shape index (κ3) is 3.37. The second-order valence-electron chi connectivity index (χ2n) is 7.24. The number of aromatic nitrogens is 2. The first kappa shape index (κ1) is 17.8. The molecule has 0 radical (unpaired) electrons. The van der Waals surface area contributed by atoms with Gasteiger partial charge in [-0.1, -0.05) is 32.0 Å². The second-order valence-corrected chi connectivity index (χ2v) is 7.24. The molecule has 0 bridgehead atoms. The molecule has 4 heteroatoms. The zero-order chi connectivity index (χ0) is 18.8. The van der Waals surface area contributed by atoms with Crippen LogP contribution < -0.4 is 9.88 Å². The quantitative estimate of drug-likeness (QED) is 0.377. The lowest BCUT2D eigenvalue weighted by molar-refractivity contribution is -0.643. The van der Waals surface area contributed by atoms with E-state index in [9.17, 15) is 0 Å². The standard InChI is InChI=1S/C23H28N4/c1-4-27(5-2)14-8-13-24-17-11-12-22-19(15-17)23-20(16-26(22)3)18-9-6-7-10-21(18)25-23/h6-7,9-12,15-16,24H,4-5,8,13-14H2,1-3H3/p+1. The smallest absolute Gasteiger partial charge is 0.214 e. The Hall–Kier alpha value is -2.59. The minimum absolute atomic E-state index is 0.997. The highest BCUT2D eigenvalue weighted by atomic mass is 15.1. The fraction of sp³-hybridized carbons (Fsp3) is 0.348. The number of benzene rings is 2. The van der Waals surface area contributed by atoms with Gasteiger partial charge in [0.15, 0.2) is 6.20 Å². The summed E-state index contributed by atoms with van der Waals surface area (Å²) in [5.41, 5.74) is 4.84. The van der Waals surface area contributed by atoms with E-state index in [4.69, 9.17) is 0 Å². The molecule has 2 aromatic carbocycles. The minimum atomic E-state index is 0.997. The zero-order valence-electron chi connectivity index (χ0n) is 16.5. The Labute approximate surface area is 160 Å². The van der Waals surface area contributed by atoms with Crippen LogP contribution >= 0.6 is 0 Å². The van der Waals surface area contributed by atoms with Gasteiger partial charge in [-0.05, 0) is 44.3 Å². The molecule has 0 aliphatic rings. The van der Waals surface area contributed by atoms with Gasteiger partial charge in [-0.25, -0.2) is 4.57 Å². The molecule has 0 aliphatic carbocycles. The molecular formula is C23H29N4+. The van der Waals surface area contributed by atoms with Crippen LogP contribution in [0.2, 0.25) is 0 Å². The summed E-state index contributed by atoms with van der Waals surface area (Å²) in [6.07, 6.45) is 3.39. The molecule has 2 heterocycles. The summed E-state index contributed by atoms with van der Waals surface area (Å²) in [6, 6.07) is 15.2. The third-order valence-corrected chi connectivity index (χ3v) is 5.59. The molecule has 0 spiro atoms. The van der Waals surface area contributed by atoms with Gasteiger partial charge in [-0.2, -0.15) is 0 Å². The van der Waals surface area contributed by atoms with Gasteiger partial charge >= 0.3 is 0 Å². The van der Waals surface area contributed by atoms with Crippen molar-refractivity contribution in [1.29, 1.82) is 0 Å². The van der Waals surface area contributed by atoms with Crippen molar-refractivity contribution in [3.8, 4) is 0 Å². The molecule has 0 aliphatic heterocycles. The molecule has 2 N–H and O–H groups in total. The van der Waals surface area contributed by atoms with Crippen LogP contribution in [-0.2, 0) is 7.05 Å². The maximum Gasteiger partial charge on any atom is 0.214 e. The summed E-state index contributed by atoms with van der Waals surface area (Å²) in [7, 11) is 2.13. The predicted molar refractivity (Wildman–Crippen MR) is 115 cm³/mol. The maximum atomic E-state index is 3.63. The van der Waals surface area contributed by atoms with Crippen LogP contribution in [0.25, 0.3) is 32.7 Å². The predicted octanol–water partition coefficient (Wildman–Crippen LogP) is 4.44. The summed E-state index contributed by atoms with van der Waals surface area (Å²) in [4.78, 5) is 6.09. The van der Waals surface area contributed by atoms with Crippen molar-refractivity contribution in [3.63, 3.8) is 0 Å². The second kappa shape index (κ2) is 7.57. The number of anilines is 1. The lowest BCUT2D eigenvalue weighted by Gasteiger charge is -2.18. The summed E-state index contributed by atoms with van der Waals surface area (Å²) in [6.45, 7) is 8.85. The van der Waals surface area contributed by atoms with Gasteiger partial charge in [0.05, 0.1) is 16.3 Å². The van der Waals surface area contributed by atoms with Crippen molar-refractivity contribution in [3.05, 3.63) is 48.7 Å². The molecule has 0 amide bonds. The number of aryl methyl sites for hydroxylation is 1. The Kier molecular flexibility index (Phi) is 4.99. The number of para-hydroxylation sites is 1. The van der Waals surface area contributed by atoms with Crippen molar-refractivity contribution >= 4 is 38.4 Å². The van der Waals surface area contributed by atoms with Crippen molar-refractivity contribution in [2.24, 2.45) is 7.05 Å². The number of hydrogen-bond acceptors (Lipinski definition) is 2. The highest BCUT2D eigenvalue weighted by Gasteiger charge is 2.15. The lowest BCUT2D eigenvalue weighted by Crippen LogP contribution is -2.28. The van der Waals surface area contributed by atoms with E-state index in [2.05, 4.69) is 89.3 Å². The van der Waals surface area contributed by atoms with Crippen molar-refractivity contribution in [2.45, 2.75) is 20.3 Å². The number of pyridine rings is 1. The average Bonchev–Trinajstić information content (AvgIpc) is 3.07. The molecule has 4 rings (SSSR count). The number of nitrogens with zero attached hydrogens (tertiary/aromatic N) is 2. The molecule has 2 aromatic heterocycles. The molecule has 0 unspecified atom stereocenters. The summed E-state index contributed by atoms with van der Waals surface area (Å²) >= 11 is 0. The van der Waals surface area contributed by atoms with Gasteiger partial charge in [-0.15, -0.1) is 0 Å². The Balaban J connectivity index is 1.65. The van der Waals surface area contributed by atoms with Gasteiger partial charge in [0.25, 0.3) is 0 Å². The van der Waals surface area contributed by atoms with E-state index in [-0.39, 0.29) is 0 Å². The summed E-state index contributed by atoms with van der Waals surface area (Å²) in [5.74, 6) is 0. The largest absolute Gasteiger partial charge is 0.385 e. The van der Waals surface area contributed by atoms with Crippen molar-refractivity contribution in [1.82, 2.24) is 9.88 Å². The average molecular weight is 362 g/mol. The first-order valence-corrected chi connectivity index (χ1v) is 10.00. The van der Waals surface area contributed by atoms with E-state index in [0.717, 1.165) is 32.6 Å². The van der Waals surface area contributed by atoms with E-state index >= 15 is 0 Å². The molecule has 0 fully saturated rings. The van der Waals surface area contributed by atoms with Gasteiger partial charge in [0.2, 0.25) is 5.52 Å². The van der Waals surface area contributed by atoms with E-state index in [1.807, 2.05) is 0 Å². The molecule has 27 heavy (non-hydrogen) atoms. The molecule has 140 valence electrons. The topological polar surface area (TPSA) is 34.9 Å². The third-order valence-electron chi connectivity index (χ3n) is 5.59. The monoisotopic (exact) mass is 361 g/mol. The normalized spacial score (nSPS) is 11.9. The maximum absolute atomic E-state index is 3.63. The van der Waals surface area contributed by atoms with Crippen LogP contribution in [0.4, 0.5) is 5.69 Å². The van der Waals surface area contributed by atoms with Crippen LogP contribution in [0.1, 0.15) is 20.3 Å². The number of nitrogens with one attached hydrogen (secondary N) is 2. The Morgan fingerprint density at radius 3 is 2.63 bits per heavy atom. The van der Waals surface area contributed by atoms with Gasteiger partial charge < -0.3 is 15.2 Å². The van der Waals surface area contributed by atoms with Crippen LogP contribution in [-0.4, -0.2) is 36.1 Å². The van der Waals surface area contributed by atoms with Gasteiger partial charge in [-0.3, -0.25) is 0 Å². The lowest BCUT2D eigenvalue weighted by atomic mass is 10.1. The van der Waals surface area contributed by atoms with Crippen molar-refractivity contribution < 1.29 is 4.57 Å². The SMILES string of the molecule is CCN(CC)CCCNc1ccc2c(c1)c1[nH]c3ccccc3c1c[n+]2C. The number of hydrogen-bond donors (Lipinski definition) is 2. The molecule has 0 atom stereocenters. The van der Waals surface area contributed by atoms with Crippen LogP contribution in [0.5, 0.6) is 0 Å². The Morgan fingerprint density at radius 1 is 1.00 bits per heavy atom.